The number of hydrogen-bond donors (Lipinski definition) is 1. The highest BCUT2D eigenvalue weighted by Crippen LogP contribution is 2.36. The Morgan fingerprint density at radius 3 is 2.89 bits per heavy atom. The van der Waals surface area contributed by atoms with Crippen LogP contribution in [0, 0.1) is 25.2 Å². The minimum Gasteiger partial charge on any atom is -0.320 e. The number of nitriles is 1. The fourth-order valence-electron chi connectivity index (χ4n) is 2.91. The molecule has 0 saturated carbocycles. The summed E-state index contributed by atoms with van der Waals surface area (Å²) in [4.78, 5) is 28.5. The fraction of sp³-hybridized carbons (Fsp3) is 0.300. The zero-order valence-corrected chi connectivity index (χ0v) is 16.7. The van der Waals surface area contributed by atoms with Crippen molar-refractivity contribution >= 4 is 34.8 Å². The molecular formula is C20H19N3O2S2. The molecule has 3 rings (SSSR count). The predicted molar refractivity (Wildman–Crippen MR) is 107 cm³/mol. The number of ketones is 1. The first-order chi connectivity index (χ1) is 13.0. The quantitative estimate of drug-likeness (QED) is 0.805. The third kappa shape index (κ3) is 4.65. The van der Waals surface area contributed by atoms with Crippen molar-refractivity contribution in [3.8, 4) is 6.07 Å². The summed E-state index contributed by atoms with van der Waals surface area (Å²) in [5.74, 6) is -0.200. The number of thioether (sulfide) groups is 1. The van der Waals surface area contributed by atoms with Crippen LogP contribution in [-0.2, 0) is 16.0 Å². The van der Waals surface area contributed by atoms with Crippen molar-refractivity contribution in [2.45, 2.75) is 32.6 Å². The largest absolute Gasteiger partial charge is 0.320 e. The van der Waals surface area contributed by atoms with Crippen molar-refractivity contribution in [2.75, 3.05) is 5.75 Å². The van der Waals surface area contributed by atoms with E-state index in [2.05, 4.69) is 16.4 Å². The summed E-state index contributed by atoms with van der Waals surface area (Å²) >= 11 is 2.66. The van der Waals surface area contributed by atoms with Crippen molar-refractivity contribution < 1.29 is 9.59 Å². The Balaban J connectivity index is 1.79. The molecule has 5 nitrogen and oxygen atoms in total. The van der Waals surface area contributed by atoms with Gasteiger partial charge in [-0.25, -0.2) is 4.98 Å². The van der Waals surface area contributed by atoms with Crippen molar-refractivity contribution in [1.29, 1.82) is 5.26 Å². The molecule has 0 saturated heterocycles. The maximum Gasteiger partial charge on any atom is 0.225 e. The highest BCUT2D eigenvalue weighted by molar-refractivity contribution is 8.03. The molecule has 0 spiro atoms. The van der Waals surface area contributed by atoms with E-state index in [9.17, 15) is 14.9 Å². The van der Waals surface area contributed by atoms with E-state index in [0.717, 1.165) is 16.1 Å². The maximum atomic E-state index is 12.2. The monoisotopic (exact) mass is 397 g/mol. The average Bonchev–Trinajstić information content (AvgIpc) is 3.14. The number of carbonyl (C=O) groups is 2. The second-order valence-corrected chi connectivity index (χ2v) is 8.40. The molecule has 1 unspecified atom stereocenters. The minimum absolute atomic E-state index is 0.0160. The molecule has 2 aromatic rings. The number of carbonyl (C=O) groups excluding carboxylic acids is 2. The highest BCUT2D eigenvalue weighted by Gasteiger charge is 2.30. The van der Waals surface area contributed by atoms with Gasteiger partial charge in [0.1, 0.15) is 5.78 Å². The number of Topliss-reactive ketones (excluding diaryl/α,β-unsaturated/α-hetero) is 1. The van der Waals surface area contributed by atoms with Gasteiger partial charge in [0, 0.05) is 23.9 Å². The van der Waals surface area contributed by atoms with Crippen LogP contribution in [0.2, 0.25) is 0 Å². The summed E-state index contributed by atoms with van der Waals surface area (Å²) in [6.07, 6.45) is 2.18. The summed E-state index contributed by atoms with van der Waals surface area (Å²) in [5, 5.41) is 15.6. The summed E-state index contributed by atoms with van der Waals surface area (Å²) in [6.45, 7) is 4.05. The number of hydrogen-bond acceptors (Lipinski definition) is 6. The van der Waals surface area contributed by atoms with E-state index in [-0.39, 0.29) is 36.2 Å². The predicted octanol–water partition coefficient (Wildman–Crippen LogP) is 3.64. The summed E-state index contributed by atoms with van der Waals surface area (Å²) in [5.41, 5.74) is 3.77. The molecule has 0 radical (unpaired) electrons. The zero-order valence-electron chi connectivity index (χ0n) is 15.1. The molecular weight excluding hydrogens is 378 g/mol. The van der Waals surface area contributed by atoms with E-state index in [0.29, 0.717) is 10.6 Å². The molecule has 1 aliphatic heterocycles. The molecule has 7 heteroatoms. The van der Waals surface area contributed by atoms with Gasteiger partial charge < -0.3 is 5.32 Å². The highest BCUT2D eigenvalue weighted by atomic mass is 32.2. The maximum absolute atomic E-state index is 12.2. The lowest BCUT2D eigenvalue weighted by atomic mass is 9.86. The summed E-state index contributed by atoms with van der Waals surface area (Å²) < 4.78 is 0. The number of rotatable bonds is 6. The van der Waals surface area contributed by atoms with E-state index in [1.165, 1.54) is 28.7 Å². The third-order valence-corrected chi connectivity index (χ3v) is 6.36. The number of aromatic nitrogens is 1. The van der Waals surface area contributed by atoms with Crippen LogP contribution in [-0.4, -0.2) is 22.4 Å². The first kappa shape index (κ1) is 19.3. The minimum atomic E-state index is -0.278. The lowest BCUT2D eigenvalue weighted by Crippen LogP contribution is -2.31. The van der Waals surface area contributed by atoms with Crippen LogP contribution in [0.1, 0.15) is 34.0 Å². The second-order valence-electron chi connectivity index (χ2n) is 6.43. The molecule has 2 heterocycles. The number of amides is 1. The number of nitrogens with zero attached hydrogens (tertiary/aromatic N) is 2. The van der Waals surface area contributed by atoms with Gasteiger partial charge in [-0.3, -0.25) is 9.59 Å². The van der Waals surface area contributed by atoms with Crippen LogP contribution < -0.4 is 5.32 Å². The second kappa shape index (κ2) is 8.51. The van der Waals surface area contributed by atoms with E-state index < -0.39 is 0 Å². The number of allylic oxidation sites excluding steroid dienone is 1. The molecule has 0 fully saturated rings. The van der Waals surface area contributed by atoms with Gasteiger partial charge in [0.05, 0.1) is 33.9 Å². The van der Waals surface area contributed by atoms with Gasteiger partial charge in [0.25, 0.3) is 0 Å². The molecule has 138 valence electrons. The van der Waals surface area contributed by atoms with Gasteiger partial charge in [-0.05, 0) is 30.5 Å². The van der Waals surface area contributed by atoms with Crippen molar-refractivity contribution in [2.24, 2.45) is 0 Å². The number of nitrogens with one attached hydrogen (secondary N) is 1. The van der Waals surface area contributed by atoms with Gasteiger partial charge in [0.2, 0.25) is 5.91 Å². The summed E-state index contributed by atoms with van der Waals surface area (Å²) in [6, 6.07) is 8.26. The molecule has 27 heavy (non-hydrogen) atoms. The van der Waals surface area contributed by atoms with Gasteiger partial charge >= 0.3 is 0 Å². The van der Waals surface area contributed by atoms with Crippen LogP contribution >= 0.6 is 23.1 Å². The van der Waals surface area contributed by atoms with Gasteiger partial charge in [-0.1, -0.05) is 30.0 Å². The van der Waals surface area contributed by atoms with Crippen molar-refractivity contribution in [3.05, 3.63) is 62.1 Å². The molecule has 1 aromatic carbocycles. The van der Waals surface area contributed by atoms with Crippen molar-refractivity contribution in [3.63, 3.8) is 0 Å². The average molecular weight is 398 g/mol. The number of thiazole rings is 1. The normalized spacial score (nSPS) is 16.8. The van der Waals surface area contributed by atoms with Gasteiger partial charge in [-0.2, -0.15) is 5.26 Å². The molecule has 1 amide bonds. The molecule has 0 aliphatic carbocycles. The molecule has 1 atom stereocenters. The Morgan fingerprint density at radius 1 is 1.41 bits per heavy atom. The molecule has 0 bridgehead atoms. The van der Waals surface area contributed by atoms with Gasteiger partial charge in [-0.15, -0.1) is 11.3 Å². The van der Waals surface area contributed by atoms with E-state index in [1.807, 2.05) is 37.4 Å². The van der Waals surface area contributed by atoms with E-state index >= 15 is 0 Å². The fourth-order valence-corrected chi connectivity index (χ4v) is 4.49. The molecule has 1 N–H and O–H groups in total. The Hall–Kier alpha value is -2.43. The Kier molecular flexibility index (Phi) is 6.09. The molecule has 1 aromatic heterocycles. The number of benzene rings is 1. The first-order valence-corrected chi connectivity index (χ1v) is 10.4. The first-order valence-electron chi connectivity index (χ1n) is 8.52. The van der Waals surface area contributed by atoms with E-state index in [4.69, 9.17) is 0 Å². The Morgan fingerprint density at radius 2 is 2.22 bits per heavy atom. The topological polar surface area (TPSA) is 82.8 Å². The van der Waals surface area contributed by atoms with E-state index in [1.54, 1.807) is 6.20 Å². The van der Waals surface area contributed by atoms with Crippen LogP contribution in [0.5, 0.6) is 0 Å². The Bertz CT molecular complexity index is 943. The van der Waals surface area contributed by atoms with Gasteiger partial charge in [0.15, 0.2) is 0 Å². The zero-order chi connectivity index (χ0) is 19.4. The standard InChI is InChI=1S/C20H19N3O2S2/c1-12-3-4-14(7-13(12)2)16-9-18(25)23-20(17(16)10-21)27-11-15(24)8-19-22-5-6-26-19/h3-7,16H,8-9,11H2,1-2H3,(H,23,25). The molecule has 1 aliphatic rings. The van der Waals surface area contributed by atoms with Crippen LogP contribution in [0.3, 0.4) is 0 Å². The lowest BCUT2D eigenvalue weighted by Gasteiger charge is -2.25. The SMILES string of the molecule is Cc1ccc(C2CC(=O)NC(SCC(=O)Cc3nccs3)=C2C#N)cc1C. The third-order valence-electron chi connectivity index (χ3n) is 4.50. The smallest absolute Gasteiger partial charge is 0.225 e. The van der Waals surface area contributed by atoms with Crippen molar-refractivity contribution in [1.82, 2.24) is 10.3 Å². The number of aryl methyl sites for hydroxylation is 2. The van der Waals surface area contributed by atoms with Crippen LogP contribution in [0.15, 0.2) is 40.4 Å². The van der Waals surface area contributed by atoms with Crippen LogP contribution in [0.25, 0.3) is 0 Å². The lowest BCUT2D eigenvalue weighted by molar-refractivity contribution is -0.121. The summed E-state index contributed by atoms with van der Waals surface area (Å²) in [7, 11) is 0. The van der Waals surface area contributed by atoms with Crippen LogP contribution in [0.4, 0.5) is 0 Å². The Labute approximate surface area is 166 Å².